The van der Waals surface area contributed by atoms with Crippen molar-refractivity contribution in [1.29, 1.82) is 0 Å². The van der Waals surface area contributed by atoms with Crippen molar-refractivity contribution >= 4 is 0 Å². The van der Waals surface area contributed by atoms with Gasteiger partial charge in [-0.3, -0.25) is 0 Å². The summed E-state index contributed by atoms with van der Waals surface area (Å²) >= 11 is 0. The molecule has 0 N–H and O–H groups in total. The molecule has 0 amide bonds. The van der Waals surface area contributed by atoms with Crippen molar-refractivity contribution in [3.05, 3.63) is 0 Å². The third-order valence-electron chi connectivity index (χ3n) is 1.82. The van der Waals surface area contributed by atoms with E-state index in [1.165, 1.54) is 13.8 Å². The Balaban J connectivity index is 2.52. The summed E-state index contributed by atoms with van der Waals surface area (Å²) in [6, 6.07) is 0. The van der Waals surface area contributed by atoms with Crippen LogP contribution in [0.2, 0.25) is 0 Å². The Morgan fingerprint density at radius 3 is 1.67 bits per heavy atom. The van der Waals surface area contributed by atoms with E-state index in [1.54, 1.807) is 0 Å². The number of halogens is 2. The maximum atomic E-state index is 12.4. The first-order valence-corrected chi connectivity index (χ1v) is 3.01. The largest absolute Gasteiger partial charge is 0.363 e. The molecule has 0 bridgehead atoms. The van der Waals surface area contributed by atoms with Crippen molar-refractivity contribution in [2.24, 2.45) is 0 Å². The first-order valence-electron chi connectivity index (χ1n) is 3.01. The lowest BCUT2D eigenvalue weighted by Crippen LogP contribution is -2.32. The number of rotatable bonds is 2. The standard InChI is InChI=1S/C6H10F2O/c1-4(7)6(3-9-6)5(2)8/h4-5H,3H2,1-2H3. The average molecular weight is 136 g/mol. The van der Waals surface area contributed by atoms with E-state index in [0.717, 1.165) is 0 Å². The minimum Gasteiger partial charge on any atom is -0.363 e. The number of epoxide rings is 1. The van der Waals surface area contributed by atoms with E-state index in [9.17, 15) is 8.78 Å². The van der Waals surface area contributed by atoms with E-state index in [-0.39, 0.29) is 6.61 Å². The summed E-state index contributed by atoms with van der Waals surface area (Å²) < 4.78 is 29.5. The molecule has 2 atom stereocenters. The molecule has 1 heterocycles. The Morgan fingerprint density at radius 2 is 1.67 bits per heavy atom. The van der Waals surface area contributed by atoms with Crippen molar-refractivity contribution in [2.75, 3.05) is 6.61 Å². The Morgan fingerprint density at radius 1 is 1.33 bits per heavy atom. The van der Waals surface area contributed by atoms with E-state index in [0.29, 0.717) is 0 Å². The minimum atomic E-state index is -1.20. The second kappa shape index (κ2) is 1.90. The summed E-state index contributed by atoms with van der Waals surface area (Å²) in [6.07, 6.45) is -2.39. The van der Waals surface area contributed by atoms with E-state index in [2.05, 4.69) is 4.74 Å². The molecule has 9 heavy (non-hydrogen) atoms. The van der Waals surface area contributed by atoms with Crippen LogP contribution in [0.15, 0.2) is 0 Å². The number of hydrogen-bond donors (Lipinski definition) is 0. The van der Waals surface area contributed by atoms with Gasteiger partial charge in [-0.2, -0.15) is 0 Å². The van der Waals surface area contributed by atoms with Gasteiger partial charge < -0.3 is 4.74 Å². The monoisotopic (exact) mass is 136 g/mol. The fraction of sp³-hybridized carbons (Fsp3) is 1.00. The zero-order valence-corrected chi connectivity index (χ0v) is 5.53. The second-order valence-electron chi connectivity index (χ2n) is 2.48. The smallest absolute Gasteiger partial charge is 0.153 e. The van der Waals surface area contributed by atoms with E-state index in [4.69, 9.17) is 0 Å². The van der Waals surface area contributed by atoms with Crippen LogP contribution in [0.1, 0.15) is 13.8 Å². The first-order chi connectivity index (χ1) is 4.09. The molecule has 2 unspecified atom stereocenters. The summed E-state index contributed by atoms with van der Waals surface area (Å²) in [5.41, 5.74) is -1.08. The van der Waals surface area contributed by atoms with Crippen LogP contribution in [0.5, 0.6) is 0 Å². The van der Waals surface area contributed by atoms with Crippen LogP contribution >= 0.6 is 0 Å². The summed E-state index contributed by atoms with van der Waals surface area (Å²) in [4.78, 5) is 0. The van der Waals surface area contributed by atoms with Gasteiger partial charge in [0.2, 0.25) is 0 Å². The molecule has 3 heteroatoms. The third kappa shape index (κ3) is 0.936. The molecule has 1 rings (SSSR count). The van der Waals surface area contributed by atoms with E-state index >= 15 is 0 Å². The molecular weight excluding hydrogens is 126 g/mol. The lowest BCUT2D eigenvalue weighted by atomic mass is 10.0. The summed E-state index contributed by atoms with van der Waals surface area (Å²) in [6.45, 7) is 2.87. The molecule has 1 aliphatic rings. The topological polar surface area (TPSA) is 12.5 Å². The van der Waals surface area contributed by atoms with Crippen LogP contribution in [0.4, 0.5) is 8.78 Å². The van der Waals surface area contributed by atoms with Crippen molar-refractivity contribution in [3.63, 3.8) is 0 Å². The predicted octanol–water partition coefficient (Wildman–Crippen LogP) is 1.47. The average Bonchev–Trinajstić information content (AvgIpc) is 2.40. The maximum absolute atomic E-state index is 12.4. The Kier molecular flexibility index (Phi) is 1.47. The predicted molar refractivity (Wildman–Crippen MR) is 29.8 cm³/mol. The fourth-order valence-corrected chi connectivity index (χ4v) is 0.859. The van der Waals surface area contributed by atoms with Gasteiger partial charge in [0.15, 0.2) is 5.60 Å². The molecule has 0 spiro atoms. The second-order valence-corrected chi connectivity index (χ2v) is 2.48. The highest BCUT2D eigenvalue weighted by Gasteiger charge is 2.55. The van der Waals surface area contributed by atoms with E-state index < -0.39 is 17.9 Å². The molecule has 0 aromatic rings. The molecule has 54 valence electrons. The van der Waals surface area contributed by atoms with Gasteiger partial charge in [-0.1, -0.05) is 0 Å². The highest BCUT2D eigenvalue weighted by Crippen LogP contribution is 2.37. The van der Waals surface area contributed by atoms with Gasteiger partial charge >= 0.3 is 0 Å². The molecule has 1 aliphatic heterocycles. The lowest BCUT2D eigenvalue weighted by Gasteiger charge is -2.13. The molecule has 1 saturated heterocycles. The lowest BCUT2D eigenvalue weighted by molar-refractivity contribution is 0.0969. The quantitative estimate of drug-likeness (QED) is 0.524. The van der Waals surface area contributed by atoms with Crippen molar-refractivity contribution in [3.8, 4) is 0 Å². The summed E-state index contributed by atoms with van der Waals surface area (Å²) in [7, 11) is 0. The van der Waals surface area contributed by atoms with Gasteiger partial charge in [-0.05, 0) is 13.8 Å². The minimum absolute atomic E-state index is 0.225. The van der Waals surface area contributed by atoms with Gasteiger partial charge in [0.05, 0.1) is 6.61 Å². The third-order valence-corrected chi connectivity index (χ3v) is 1.82. The molecular formula is C6H10F2O. The van der Waals surface area contributed by atoms with Gasteiger partial charge in [0.1, 0.15) is 12.3 Å². The van der Waals surface area contributed by atoms with Gasteiger partial charge in [-0.25, -0.2) is 8.78 Å². The number of hydrogen-bond acceptors (Lipinski definition) is 1. The normalized spacial score (nSPS) is 40.0. The molecule has 0 aliphatic carbocycles. The molecule has 0 aromatic carbocycles. The first kappa shape index (κ1) is 6.93. The number of ether oxygens (including phenoxy) is 1. The molecule has 0 saturated carbocycles. The zero-order valence-electron chi connectivity index (χ0n) is 5.53. The Labute approximate surface area is 53.0 Å². The SMILES string of the molecule is CC(F)C1(C(C)F)CO1. The highest BCUT2D eigenvalue weighted by molar-refractivity contribution is 5.01. The summed E-state index contributed by atoms with van der Waals surface area (Å²) in [5.74, 6) is 0. The number of alkyl halides is 2. The van der Waals surface area contributed by atoms with Gasteiger partial charge in [0.25, 0.3) is 0 Å². The maximum Gasteiger partial charge on any atom is 0.153 e. The van der Waals surface area contributed by atoms with Crippen LogP contribution < -0.4 is 0 Å². The van der Waals surface area contributed by atoms with Crippen molar-refractivity contribution in [2.45, 2.75) is 31.8 Å². The molecule has 1 fully saturated rings. The molecule has 0 radical (unpaired) electrons. The Bertz CT molecular complexity index is 97.6. The van der Waals surface area contributed by atoms with Gasteiger partial charge in [-0.15, -0.1) is 0 Å². The van der Waals surface area contributed by atoms with Crippen LogP contribution in [-0.2, 0) is 4.74 Å². The van der Waals surface area contributed by atoms with Crippen molar-refractivity contribution in [1.82, 2.24) is 0 Å². The highest BCUT2D eigenvalue weighted by atomic mass is 19.1. The molecule has 1 nitrogen and oxygen atoms in total. The fourth-order valence-electron chi connectivity index (χ4n) is 0.859. The zero-order chi connectivity index (χ0) is 7.07. The molecule has 0 aromatic heterocycles. The van der Waals surface area contributed by atoms with Crippen LogP contribution in [0.3, 0.4) is 0 Å². The van der Waals surface area contributed by atoms with Crippen LogP contribution in [-0.4, -0.2) is 24.6 Å². The summed E-state index contributed by atoms with van der Waals surface area (Å²) in [5, 5.41) is 0. The van der Waals surface area contributed by atoms with Crippen LogP contribution in [0, 0.1) is 0 Å². The van der Waals surface area contributed by atoms with E-state index in [1.807, 2.05) is 0 Å². The van der Waals surface area contributed by atoms with Gasteiger partial charge in [0, 0.05) is 0 Å². The van der Waals surface area contributed by atoms with Crippen molar-refractivity contribution < 1.29 is 13.5 Å². The van der Waals surface area contributed by atoms with Crippen LogP contribution in [0.25, 0.3) is 0 Å². The Hall–Kier alpha value is -0.180.